The van der Waals surface area contributed by atoms with Crippen molar-refractivity contribution in [1.29, 1.82) is 0 Å². The summed E-state index contributed by atoms with van der Waals surface area (Å²) in [6.45, 7) is 5.93. The minimum atomic E-state index is 0. The molecule has 0 bridgehead atoms. The van der Waals surface area contributed by atoms with E-state index in [4.69, 9.17) is 4.42 Å². The summed E-state index contributed by atoms with van der Waals surface area (Å²) in [6, 6.07) is 8.04. The van der Waals surface area contributed by atoms with Gasteiger partial charge in [0, 0.05) is 38.2 Å². The maximum atomic E-state index is 5.40. The van der Waals surface area contributed by atoms with Crippen LogP contribution >= 0.6 is 0 Å². The van der Waals surface area contributed by atoms with Gasteiger partial charge in [-0.05, 0) is 31.2 Å². The second-order valence-corrected chi connectivity index (χ2v) is 5.47. The van der Waals surface area contributed by atoms with E-state index in [2.05, 4.69) is 52.3 Å². The van der Waals surface area contributed by atoms with Gasteiger partial charge in [0.2, 0.25) is 0 Å². The van der Waals surface area contributed by atoms with Crippen molar-refractivity contribution in [2.45, 2.75) is 20.8 Å². The van der Waals surface area contributed by atoms with Crippen molar-refractivity contribution < 1.29 is 24.5 Å². The van der Waals surface area contributed by atoms with E-state index in [9.17, 15) is 0 Å². The molecule has 3 aromatic heterocycles. The number of aryl methyl sites for hydroxylation is 3. The van der Waals surface area contributed by atoms with Crippen LogP contribution in [0.15, 0.2) is 35.0 Å². The monoisotopic (exact) mass is 497 g/mol. The van der Waals surface area contributed by atoms with Crippen molar-refractivity contribution in [3.8, 4) is 17.1 Å². The van der Waals surface area contributed by atoms with E-state index in [0.717, 1.165) is 22.4 Å². The van der Waals surface area contributed by atoms with E-state index in [-0.39, 0.29) is 20.1 Å². The average molecular weight is 497 g/mol. The third kappa shape index (κ3) is 2.66. The van der Waals surface area contributed by atoms with Crippen LogP contribution in [0.4, 0.5) is 0 Å². The molecule has 3 heterocycles. The van der Waals surface area contributed by atoms with Gasteiger partial charge in [0.1, 0.15) is 6.33 Å². The Morgan fingerprint density at radius 1 is 1.12 bits per heavy atom. The van der Waals surface area contributed by atoms with Gasteiger partial charge in [0.25, 0.3) is 0 Å². The van der Waals surface area contributed by atoms with Gasteiger partial charge in [0.05, 0.1) is 5.82 Å². The third-order valence-corrected chi connectivity index (χ3v) is 3.77. The van der Waals surface area contributed by atoms with E-state index < -0.39 is 0 Å². The Morgan fingerprint density at radius 3 is 2.62 bits per heavy atom. The van der Waals surface area contributed by atoms with Crippen molar-refractivity contribution in [3.05, 3.63) is 53.8 Å². The van der Waals surface area contributed by atoms with Crippen LogP contribution in [0.1, 0.15) is 17.0 Å². The molecule has 0 saturated carbocycles. The molecule has 0 spiro atoms. The number of hydrogen-bond acceptors (Lipinski definition) is 5. The first-order valence-corrected chi connectivity index (χ1v) is 7.26. The Hall–Kier alpha value is -2.37. The SMILES string of the molecule is Cc1nc2cc(-c3nncn3-c3c(C)cccc3C)[c-]nc2o1.[Ir]. The molecule has 6 nitrogen and oxygen atoms in total. The number of nitrogens with zero attached hydrogens (tertiary/aromatic N) is 5. The van der Waals surface area contributed by atoms with Crippen molar-refractivity contribution in [2.24, 2.45) is 0 Å². The van der Waals surface area contributed by atoms with Crippen molar-refractivity contribution in [1.82, 2.24) is 24.7 Å². The van der Waals surface area contributed by atoms with Crippen LogP contribution in [-0.4, -0.2) is 24.7 Å². The molecule has 0 aliphatic carbocycles. The van der Waals surface area contributed by atoms with Crippen LogP contribution in [0.3, 0.4) is 0 Å². The van der Waals surface area contributed by atoms with Gasteiger partial charge < -0.3 is 14.0 Å². The first-order chi connectivity index (χ1) is 11.1. The van der Waals surface area contributed by atoms with E-state index >= 15 is 0 Å². The molecular formula is C17H14IrN5O-. The van der Waals surface area contributed by atoms with Crippen LogP contribution in [0.25, 0.3) is 28.3 Å². The molecule has 0 aliphatic rings. The zero-order valence-electron chi connectivity index (χ0n) is 13.4. The number of aromatic nitrogens is 5. The molecule has 7 heteroatoms. The largest absolute Gasteiger partial charge is 0.469 e. The van der Waals surface area contributed by atoms with Gasteiger partial charge >= 0.3 is 0 Å². The van der Waals surface area contributed by atoms with Gasteiger partial charge in [-0.25, -0.2) is 4.98 Å². The summed E-state index contributed by atoms with van der Waals surface area (Å²) < 4.78 is 7.35. The summed E-state index contributed by atoms with van der Waals surface area (Å²) >= 11 is 0. The Balaban J connectivity index is 0.00000169. The Kier molecular flexibility index (Phi) is 4.30. The van der Waals surface area contributed by atoms with Gasteiger partial charge in [-0.15, -0.1) is 11.2 Å². The van der Waals surface area contributed by atoms with Crippen molar-refractivity contribution in [2.75, 3.05) is 0 Å². The van der Waals surface area contributed by atoms with Crippen LogP contribution in [0.5, 0.6) is 0 Å². The quantitative estimate of drug-likeness (QED) is 0.399. The van der Waals surface area contributed by atoms with E-state index in [1.54, 1.807) is 13.3 Å². The molecule has 4 rings (SSSR count). The number of pyridine rings is 1. The summed E-state index contributed by atoms with van der Waals surface area (Å²) in [5, 5.41) is 8.31. The summed E-state index contributed by atoms with van der Waals surface area (Å²) in [5.41, 5.74) is 5.26. The fourth-order valence-corrected chi connectivity index (χ4v) is 2.77. The first-order valence-electron chi connectivity index (χ1n) is 7.26. The standard InChI is InChI=1S/C17H14N5O.Ir/c1-10-5-4-6-11(2)15(10)22-9-19-21-16(22)13-7-14-17(18-8-13)23-12(3)20-14;/h4-7,9H,1-3H3;/q-1;. The predicted octanol–water partition coefficient (Wildman–Crippen LogP) is 3.19. The minimum Gasteiger partial charge on any atom is -0.469 e. The molecule has 0 unspecified atom stereocenters. The molecule has 4 aromatic rings. The van der Waals surface area contributed by atoms with Gasteiger partial charge in [-0.3, -0.25) is 0 Å². The number of fused-ring (bicyclic) bond motifs is 1. The molecule has 0 aliphatic heterocycles. The van der Waals surface area contributed by atoms with Crippen LogP contribution < -0.4 is 0 Å². The second-order valence-electron chi connectivity index (χ2n) is 5.47. The van der Waals surface area contributed by atoms with Gasteiger partial charge in [0.15, 0.2) is 11.6 Å². The molecule has 24 heavy (non-hydrogen) atoms. The van der Waals surface area contributed by atoms with Crippen LogP contribution in [0.2, 0.25) is 0 Å². The second kappa shape index (κ2) is 6.26. The van der Waals surface area contributed by atoms with E-state index in [0.29, 0.717) is 22.9 Å². The van der Waals surface area contributed by atoms with Crippen molar-refractivity contribution in [3.63, 3.8) is 0 Å². The topological polar surface area (TPSA) is 69.6 Å². The van der Waals surface area contributed by atoms with Crippen LogP contribution in [0, 0.1) is 27.0 Å². The summed E-state index contributed by atoms with van der Waals surface area (Å²) in [5.74, 6) is 1.26. The van der Waals surface area contributed by atoms with Crippen LogP contribution in [-0.2, 0) is 20.1 Å². The molecule has 0 N–H and O–H groups in total. The normalized spacial score (nSPS) is 10.8. The maximum Gasteiger partial charge on any atom is 0.181 e. The zero-order chi connectivity index (χ0) is 16.0. The number of rotatable bonds is 2. The Morgan fingerprint density at radius 2 is 1.88 bits per heavy atom. The minimum absolute atomic E-state index is 0. The Labute approximate surface area is 152 Å². The average Bonchev–Trinajstić information content (AvgIpc) is 3.11. The van der Waals surface area contributed by atoms with E-state index in [1.165, 1.54) is 0 Å². The summed E-state index contributed by atoms with van der Waals surface area (Å²) in [7, 11) is 0. The third-order valence-electron chi connectivity index (χ3n) is 3.77. The molecule has 1 radical (unpaired) electrons. The smallest absolute Gasteiger partial charge is 0.181 e. The number of para-hydroxylation sites is 1. The molecule has 0 saturated heterocycles. The molecule has 1 aromatic carbocycles. The summed E-state index contributed by atoms with van der Waals surface area (Å²) in [4.78, 5) is 8.52. The first kappa shape index (κ1) is 16.5. The molecule has 0 amide bonds. The van der Waals surface area contributed by atoms with Gasteiger partial charge in [-0.1, -0.05) is 23.8 Å². The number of benzene rings is 1. The maximum absolute atomic E-state index is 5.40. The van der Waals surface area contributed by atoms with Gasteiger partial charge in [-0.2, -0.15) is 5.10 Å². The Bertz CT molecular complexity index is 1000. The fourth-order valence-electron chi connectivity index (χ4n) is 2.77. The number of oxazole rings is 1. The molecule has 123 valence electrons. The predicted molar refractivity (Wildman–Crippen MR) is 85.2 cm³/mol. The molecule has 0 atom stereocenters. The van der Waals surface area contributed by atoms with Crippen molar-refractivity contribution >= 4 is 11.2 Å². The molecular weight excluding hydrogens is 482 g/mol. The zero-order valence-corrected chi connectivity index (χ0v) is 15.8. The molecule has 0 fully saturated rings. The summed E-state index contributed by atoms with van der Waals surface area (Å²) in [6.07, 6.45) is 4.67. The fraction of sp³-hybridized carbons (Fsp3) is 0.176. The van der Waals surface area contributed by atoms with E-state index in [1.807, 2.05) is 16.7 Å². The number of hydrogen-bond donors (Lipinski definition) is 0.